The number of rotatable bonds is 7. The van der Waals surface area contributed by atoms with Crippen molar-refractivity contribution < 1.29 is 4.74 Å². The van der Waals surface area contributed by atoms with Crippen LogP contribution < -0.4 is 5.32 Å². The monoisotopic (exact) mass is 199 g/mol. The number of likely N-dealkylation sites (N-methyl/N-ethyl adjacent to an activating group) is 1. The number of methoxy groups -OCH3 is 1. The van der Waals surface area contributed by atoms with Gasteiger partial charge >= 0.3 is 0 Å². The van der Waals surface area contributed by atoms with Crippen molar-refractivity contribution in [3.8, 4) is 0 Å². The lowest BCUT2D eigenvalue weighted by Gasteiger charge is -2.39. The number of nitrogens with one attached hydrogen (secondary N) is 1. The minimum Gasteiger partial charge on any atom is -0.377 e. The number of hydrogen-bond acceptors (Lipinski definition) is 2. The Labute approximate surface area is 88.4 Å². The van der Waals surface area contributed by atoms with Gasteiger partial charge < -0.3 is 10.1 Å². The molecule has 0 aromatic carbocycles. The summed E-state index contributed by atoms with van der Waals surface area (Å²) in [4.78, 5) is 0. The van der Waals surface area contributed by atoms with Gasteiger partial charge in [0.1, 0.15) is 0 Å². The van der Waals surface area contributed by atoms with E-state index >= 15 is 0 Å². The molecule has 1 aliphatic carbocycles. The first-order chi connectivity index (χ1) is 6.74. The zero-order valence-electron chi connectivity index (χ0n) is 10.1. The third-order valence-corrected chi connectivity index (χ3v) is 3.69. The molecule has 0 saturated heterocycles. The van der Waals surface area contributed by atoms with Crippen molar-refractivity contribution in [2.45, 2.75) is 58.1 Å². The molecule has 1 fully saturated rings. The van der Waals surface area contributed by atoms with Gasteiger partial charge in [-0.1, -0.05) is 20.8 Å². The van der Waals surface area contributed by atoms with Crippen LogP contribution in [-0.4, -0.2) is 25.3 Å². The molecular formula is C12H25NO. The lowest BCUT2D eigenvalue weighted by Crippen LogP contribution is -2.52. The van der Waals surface area contributed by atoms with Crippen molar-refractivity contribution in [2.75, 3.05) is 13.7 Å². The van der Waals surface area contributed by atoms with Gasteiger partial charge in [-0.05, 0) is 38.1 Å². The Morgan fingerprint density at radius 2 is 1.86 bits per heavy atom. The summed E-state index contributed by atoms with van der Waals surface area (Å²) in [6, 6.07) is 0.562. The molecule has 2 nitrogen and oxygen atoms in total. The Hall–Kier alpha value is -0.0800. The lowest BCUT2D eigenvalue weighted by molar-refractivity contribution is -0.0527. The highest BCUT2D eigenvalue weighted by Gasteiger charge is 2.44. The van der Waals surface area contributed by atoms with Gasteiger partial charge in [0.05, 0.1) is 5.60 Å². The van der Waals surface area contributed by atoms with Crippen LogP contribution in [0.25, 0.3) is 0 Å². The van der Waals surface area contributed by atoms with Crippen molar-refractivity contribution in [1.29, 1.82) is 0 Å². The van der Waals surface area contributed by atoms with Gasteiger partial charge in [-0.25, -0.2) is 0 Å². The summed E-state index contributed by atoms with van der Waals surface area (Å²) in [5.74, 6) is 0.856. The third-order valence-electron chi connectivity index (χ3n) is 3.69. The van der Waals surface area contributed by atoms with E-state index in [-0.39, 0.29) is 5.60 Å². The largest absolute Gasteiger partial charge is 0.377 e. The van der Waals surface area contributed by atoms with E-state index in [1.54, 1.807) is 0 Å². The standard InChI is InChI=1S/C12H25NO/c1-5-12(6-2,14-4)11(13-7-3)10-8-9-10/h10-11,13H,5-9H2,1-4H3. The normalized spacial score (nSPS) is 19.7. The summed E-state index contributed by atoms with van der Waals surface area (Å²) in [5.41, 5.74) is 0.0666. The first kappa shape index (κ1) is 12.0. The molecule has 0 spiro atoms. The van der Waals surface area contributed by atoms with Crippen LogP contribution >= 0.6 is 0 Å². The maximum atomic E-state index is 5.79. The van der Waals surface area contributed by atoms with E-state index in [1.807, 2.05) is 7.11 Å². The minimum atomic E-state index is 0.0666. The summed E-state index contributed by atoms with van der Waals surface area (Å²) in [6.45, 7) is 7.70. The smallest absolute Gasteiger partial charge is 0.0828 e. The van der Waals surface area contributed by atoms with E-state index in [0.29, 0.717) is 6.04 Å². The van der Waals surface area contributed by atoms with E-state index in [0.717, 1.165) is 25.3 Å². The van der Waals surface area contributed by atoms with Crippen molar-refractivity contribution >= 4 is 0 Å². The van der Waals surface area contributed by atoms with Gasteiger partial charge in [-0.2, -0.15) is 0 Å². The predicted octanol–water partition coefficient (Wildman–Crippen LogP) is 2.58. The second-order valence-corrected chi connectivity index (χ2v) is 4.35. The number of ether oxygens (including phenoxy) is 1. The molecule has 0 amide bonds. The molecule has 1 N–H and O–H groups in total. The Morgan fingerprint density at radius 1 is 1.29 bits per heavy atom. The molecule has 0 bridgehead atoms. The maximum Gasteiger partial charge on any atom is 0.0828 e. The molecule has 84 valence electrons. The van der Waals surface area contributed by atoms with Gasteiger partial charge in [0.25, 0.3) is 0 Å². The summed E-state index contributed by atoms with van der Waals surface area (Å²) in [6.07, 6.45) is 4.97. The predicted molar refractivity (Wildman–Crippen MR) is 60.5 cm³/mol. The second kappa shape index (κ2) is 5.13. The van der Waals surface area contributed by atoms with Crippen molar-refractivity contribution in [3.63, 3.8) is 0 Å². The van der Waals surface area contributed by atoms with E-state index < -0.39 is 0 Å². The Bertz CT molecular complexity index is 153. The molecule has 0 aliphatic heterocycles. The Morgan fingerprint density at radius 3 is 2.14 bits per heavy atom. The SMILES string of the molecule is CCNC(C1CC1)C(CC)(CC)OC. The number of hydrogen-bond donors (Lipinski definition) is 1. The molecule has 14 heavy (non-hydrogen) atoms. The van der Waals surface area contributed by atoms with Crippen LogP contribution in [-0.2, 0) is 4.74 Å². The first-order valence-electron chi connectivity index (χ1n) is 6.02. The van der Waals surface area contributed by atoms with Crippen molar-refractivity contribution in [3.05, 3.63) is 0 Å². The fraction of sp³-hybridized carbons (Fsp3) is 1.00. The van der Waals surface area contributed by atoms with E-state index in [2.05, 4.69) is 26.1 Å². The van der Waals surface area contributed by atoms with Crippen LogP contribution in [0, 0.1) is 5.92 Å². The van der Waals surface area contributed by atoms with Gasteiger partial charge in [0.2, 0.25) is 0 Å². The zero-order valence-corrected chi connectivity index (χ0v) is 10.1. The molecule has 1 rings (SSSR count). The van der Waals surface area contributed by atoms with Gasteiger partial charge in [-0.15, -0.1) is 0 Å². The third kappa shape index (κ3) is 2.29. The lowest BCUT2D eigenvalue weighted by atomic mass is 9.85. The molecule has 0 radical (unpaired) electrons. The molecule has 1 saturated carbocycles. The average molecular weight is 199 g/mol. The highest BCUT2D eigenvalue weighted by Crippen LogP contribution is 2.40. The van der Waals surface area contributed by atoms with Crippen LogP contribution in [0.4, 0.5) is 0 Å². The molecule has 0 aromatic heterocycles. The van der Waals surface area contributed by atoms with Crippen LogP contribution in [0.2, 0.25) is 0 Å². The maximum absolute atomic E-state index is 5.79. The van der Waals surface area contributed by atoms with Crippen LogP contribution in [0.3, 0.4) is 0 Å². The van der Waals surface area contributed by atoms with E-state index in [9.17, 15) is 0 Å². The van der Waals surface area contributed by atoms with Crippen LogP contribution in [0.5, 0.6) is 0 Å². The van der Waals surface area contributed by atoms with E-state index in [1.165, 1.54) is 12.8 Å². The molecule has 0 heterocycles. The topological polar surface area (TPSA) is 21.3 Å². The molecule has 0 aromatic rings. The fourth-order valence-electron chi connectivity index (χ4n) is 2.54. The van der Waals surface area contributed by atoms with Crippen LogP contribution in [0.15, 0.2) is 0 Å². The molecule has 1 aliphatic rings. The van der Waals surface area contributed by atoms with Crippen molar-refractivity contribution in [2.24, 2.45) is 5.92 Å². The highest BCUT2D eigenvalue weighted by molar-refractivity contribution is 5.00. The van der Waals surface area contributed by atoms with Crippen LogP contribution in [0.1, 0.15) is 46.5 Å². The van der Waals surface area contributed by atoms with Crippen molar-refractivity contribution in [1.82, 2.24) is 5.32 Å². The Kier molecular flexibility index (Phi) is 4.39. The summed E-state index contributed by atoms with van der Waals surface area (Å²) >= 11 is 0. The Balaban J connectivity index is 2.69. The van der Waals surface area contributed by atoms with E-state index in [4.69, 9.17) is 4.74 Å². The summed E-state index contributed by atoms with van der Waals surface area (Å²) < 4.78 is 5.79. The minimum absolute atomic E-state index is 0.0666. The second-order valence-electron chi connectivity index (χ2n) is 4.35. The van der Waals surface area contributed by atoms with Gasteiger partial charge in [0, 0.05) is 13.2 Å². The fourth-order valence-corrected chi connectivity index (χ4v) is 2.54. The molecule has 2 heteroatoms. The average Bonchev–Trinajstić information content (AvgIpc) is 3.03. The summed E-state index contributed by atoms with van der Waals surface area (Å²) in [7, 11) is 1.86. The zero-order chi connectivity index (χ0) is 10.6. The first-order valence-corrected chi connectivity index (χ1v) is 6.02. The molecule has 1 unspecified atom stereocenters. The summed E-state index contributed by atoms with van der Waals surface area (Å²) in [5, 5.41) is 3.61. The van der Waals surface area contributed by atoms with Gasteiger partial charge in [-0.3, -0.25) is 0 Å². The highest BCUT2D eigenvalue weighted by atomic mass is 16.5. The van der Waals surface area contributed by atoms with Gasteiger partial charge in [0.15, 0.2) is 0 Å². The molecular weight excluding hydrogens is 174 g/mol. The quantitative estimate of drug-likeness (QED) is 0.680. The molecule has 1 atom stereocenters.